The minimum atomic E-state index is -0.237. The smallest absolute Gasteiger partial charge is 0.225 e. The van der Waals surface area contributed by atoms with E-state index in [0.29, 0.717) is 12.6 Å². The summed E-state index contributed by atoms with van der Waals surface area (Å²) < 4.78 is 2.19. The first-order valence-corrected chi connectivity index (χ1v) is 7.35. The monoisotopic (exact) mass is 281 g/mol. The van der Waals surface area contributed by atoms with Gasteiger partial charge in [0.15, 0.2) is 0 Å². The molecule has 2 N–H and O–H groups in total. The van der Waals surface area contributed by atoms with Crippen molar-refractivity contribution in [3.8, 4) is 0 Å². The number of benzene rings is 1. The number of likely N-dealkylation sites (N-methyl/N-ethyl adjacent to an activating group) is 1. The van der Waals surface area contributed by atoms with Crippen LogP contribution in [-0.2, 0) is 18.3 Å². The van der Waals surface area contributed by atoms with Crippen LogP contribution in [0, 0.1) is 5.92 Å². The van der Waals surface area contributed by atoms with Crippen molar-refractivity contribution in [3.63, 3.8) is 0 Å². The van der Waals surface area contributed by atoms with Gasteiger partial charge in [-0.15, -0.1) is 0 Å². The molecule has 0 saturated heterocycles. The predicted octanol–water partition coefficient (Wildman–Crippen LogP) is 1.53. The van der Waals surface area contributed by atoms with Gasteiger partial charge in [0.05, 0.1) is 5.92 Å². The molecule has 108 valence electrons. The zero-order valence-electron chi connectivity index (χ0n) is 12.3. The molecule has 1 aliphatic heterocycles. The summed E-state index contributed by atoms with van der Waals surface area (Å²) in [6.45, 7) is 0.710. The summed E-state index contributed by atoms with van der Waals surface area (Å²) in [4.78, 5) is 13.9. The van der Waals surface area contributed by atoms with Crippen molar-refractivity contribution in [3.05, 3.63) is 41.6 Å². The second kappa shape index (κ2) is 4.21. The number of aryl methyl sites for hydroxylation is 1. The number of aromatic nitrogens is 1. The van der Waals surface area contributed by atoms with E-state index < -0.39 is 0 Å². The Hall–Kier alpha value is -2.07. The fraction of sp³-hybridized carbons (Fsp3) is 0.353. The van der Waals surface area contributed by atoms with Crippen molar-refractivity contribution < 1.29 is 4.79 Å². The SMILES string of the molecule is CN1C[C@@H](C(N)=O)C=C2c3cccc4c3c(cn4C)C[C@H]21. The number of rotatable bonds is 1. The molecule has 2 aromatic rings. The van der Waals surface area contributed by atoms with Gasteiger partial charge in [-0.2, -0.15) is 0 Å². The quantitative estimate of drug-likeness (QED) is 0.862. The molecule has 2 aliphatic rings. The summed E-state index contributed by atoms with van der Waals surface area (Å²) in [7, 11) is 4.18. The maximum absolute atomic E-state index is 11.6. The van der Waals surface area contributed by atoms with E-state index in [9.17, 15) is 4.79 Å². The third-order valence-electron chi connectivity index (χ3n) is 4.94. The average molecular weight is 281 g/mol. The zero-order chi connectivity index (χ0) is 14.7. The molecule has 0 spiro atoms. The number of primary amides is 1. The molecule has 1 aromatic heterocycles. The van der Waals surface area contributed by atoms with Gasteiger partial charge in [0.25, 0.3) is 0 Å². The maximum atomic E-state index is 11.6. The standard InChI is InChI=1S/C17H19N3O/c1-19-8-10-7-15-13(6-11(17(18)21)9-20(15)2)12-4-3-5-14(19)16(10)12/h3-6,8,11,15H,7,9H2,1-2H3,(H2,18,21)/t11-,15+/m0/s1. The van der Waals surface area contributed by atoms with Crippen molar-refractivity contribution >= 4 is 22.4 Å². The molecule has 4 nitrogen and oxygen atoms in total. The van der Waals surface area contributed by atoms with E-state index in [-0.39, 0.29) is 11.8 Å². The molecule has 1 aliphatic carbocycles. The number of carbonyl (C=O) groups is 1. The van der Waals surface area contributed by atoms with Crippen LogP contribution in [0.25, 0.3) is 16.5 Å². The Labute approximate surface area is 123 Å². The first-order valence-electron chi connectivity index (χ1n) is 7.35. The second-order valence-corrected chi connectivity index (χ2v) is 6.26. The van der Waals surface area contributed by atoms with Crippen molar-refractivity contribution in [2.45, 2.75) is 12.5 Å². The van der Waals surface area contributed by atoms with E-state index in [0.717, 1.165) is 6.42 Å². The highest BCUT2D eigenvalue weighted by Crippen LogP contribution is 2.41. The van der Waals surface area contributed by atoms with E-state index in [2.05, 4.69) is 54.0 Å². The van der Waals surface area contributed by atoms with E-state index in [4.69, 9.17) is 5.73 Å². The van der Waals surface area contributed by atoms with Crippen LogP contribution in [-0.4, -0.2) is 35.0 Å². The normalized spacial score (nSPS) is 24.8. The summed E-state index contributed by atoms with van der Waals surface area (Å²) in [6.07, 6.45) is 5.33. The Kier molecular flexibility index (Phi) is 2.54. The maximum Gasteiger partial charge on any atom is 0.225 e. The molecular formula is C17H19N3O. The van der Waals surface area contributed by atoms with Crippen LogP contribution in [0.5, 0.6) is 0 Å². The molecule has 1 amide bonds. The number of nitrogens with zero attached hydrogens (tertiary/aromatic N) is 2. The number of fused-ring (bicyclic) bond motifs is 2. The van der Waals surface area contributed by atoms with Gasteiger partial charge in [0.1, 0.15) is 0 Å². The Bertz CT molecular complexity index is 787. The molecule has 4 rings (SSSR count). The van der Waals surface area contributed by atoms with Gasteiger partial charge in [0, 0.05) is 36.7 Å². The van der Waals surface area contributed by atoms with Crippen molar-refractivity contribution in [1.82, 2.24) is 9.47 Å². The highest BCUT2D eigenvalue weighted by atomic mass is 16.1. The summed E-state index contributed by atoms with van der Waals surface area (Å²) >= 11 is 0. The molecule has 0 unspecified atom stereocenters. The van der Waals surface area contributed by atoms with Crippen LogP contribution in [0.4, 0.5) is 0 Å². The molecular weight excluding hydrogens is 262 g/mol. The highest BCUT2D eigenvalue weighted by molar-refractivity contribution is 5.99. The lowest BCUT2D eigenvalue weighted by molar-refractivity contribution is -0.121. The first kappa shape index (κ1) is 12.7. The van der Waals surface area contributed by atoms with E-state index in [1.54, 1.807) is 0 Å². The van der Waals surface area contributed by atoms with E-state index >= 15 is 0 Å². The largest absolute Gasteiger partial charge is 0.369 e. The Morgan fingerprint density at radius 3 is 2.90 bits per heavy atom. The summed E-state index contributed by atoms with van der Waals surface area (Å²) in [6, 6.07) is 6.77. The molecule has 0 bridgehead atoms. The first-order chi connectivity index (χ1) is 10.1. The van der Waals surface area contributed by atoms with Gasteiger partial charge in [-0.25, -0.2) is 0 Å². The van der Waals surface area contributed by atoms with Crippen LogP contribution >= 0.6 is 0 Å². The second-order valence-electron chi connectivity index (χ2n) is 6.26. The summed E-state index contributed by atoms with van der Waals surface area (Å²) in [5.41, 5.74) is 10.7. The van der Waals surface area contributed by atoms with Crippen LogP contribution in [0.15, 0.2) is 30.5 Å². The van der Waals surface area contributed by atoms with E-state index in [1.165, 1.54) is 27.6 Å². The van der Waals surface area contributed by atoms with Crippen LogP contribution < -0.4 is 5.73 Å². The third kappa shape index (κ3) is 1.69. The predicted molar refractivity (Wildman–Crippen MR) is 83.7 cm³/mol. The molecule has 2 heterocycles. The number of hydrogen-bond acceptors (Lipinski definition) is 2. The fourth-order valence-electron chi connectivity index (χ4n) is 3.91. The van der Waals surface area contributed by atoms with Crippen molar-refractivity contribution in [1.29, 1.82) is 0 Å². The Morgan fingerprint density at radius 2 is 2.14 bits per heavy atom. The lowest BCUT2D eigenvalue weighted by Crippen LogP contribution is -2.45. The molecule has 0 radical (unpaired) electrons. The molecule has 4 heteroatoms. The van der Waals surface area contributed by atoms with Crippen molar-refractivity contribution in [2.24, 2.45) is 18.7 Å². The minimum absolute atomic E-state index is 0.193. The lowest BCUT2D eigenvalue weighted by atomic mass is 9.80. The van der Waals surface area contributed by atoms with Crippen molar-refractivity contribution in [2.75, 3.05) is 13.6 Å². The molecule has 0 saturated carbocycles. The van der Waals surface area contributed by atoms with Gasteiger partial charge in [-0.05, 0) is 36.2 Å². The third-order valence-corrected chi connectivity index (χ3v) is 4.94. The van der Waals surface area contributed by atoms with Gasteiger partial charge in [0.2, 0.25) is 5.91 Å². The van der Waals surface area contributed by atoms with Crippen LogP contribution in [0.3, 0.4) is 0 Å². The molecule has 21 heavy (non-hydrogen) atoms. The molecule has 2 atom stereocenters. The lowest BCUT2D eigenvalue weighted by Gasteiger charge is -2.39. The number of amides is 1. The highest BCUT2D eigenvalue weighted by Gasteiger charge is 2.35. The topological polar surface area (TPSA) is 51.3 Å². The van der Waals surface area contributed by atoms with Crippen LogP contribution in [0.1, 0.15) is 11.1 Å². The number of carbonyl (C=O) groups excluding carboxylic acids is 1. The minimum Gasteiger partial charge on any atom is -0.369 e. The average Bonchev–Trinajstić information content (AvgIpc) is 2.78. The summed E-state index contributed by atoms with van der Waals surface area (Å²) in [5.74, 6) is -0.430. The van der Waals surface area contributed by atoms with Gasteiger partial charge >= 0.3 is 0 Å². The summed E-state index contributed by atoms with van der Waals surface area (Å²) in [5, 5.41) is 1.33. The van der Waals surface area contributed by atoms with Gasteiger partial charge in [-0.1, -0.05) is 18.2 Å². The van der Waals surface area contributed by atoms with Gasteiger partial charge in [-0.3, -0.25) is 9.69 Å². The number of hydrogen-bond donors (Lipinski definition) is 1. The fourth-order valence-corrected chi connectivity index (χ4v) is 3.91. The zero-order valence-corrected chi connectivity index (χ0v) is 12.3. The van der Waals surface area contributed by atoms with Crippen LogP contribution in [0.2, 0.25) is 0 Å². The van der Waals surface area contributed by atoms with Gasteiger partial charge < -0.3 is 10.3 Å². The Morgan fingerprint density at radius 1 is 1.33 bits per heavy atom. The van der Waals surface area contributed by atoms with E-state index in [1.807, 2.05) is 0 Å². The molecule has 0 fully saturated rings. The number of nitrogens with two attached hydrogens (primary N) is 1. The Balaban J connectivity index is 1.98. The molecule has 1 aromatic carbocycles.